The molecule has 1 rings (SSSR count). The van der Waals surface area contributed by atoms with Gasteiger partial charge in [-0.05, 0) is 20.8 Å². The van der Waals surface area contributed by atoms with Gasteiger partial charge >= 0.3 is 12.3 Å². The molecule has 1 heterocycles. The lowest BCUT2D eigenvalue weighted by molar-refractivity contribution is -0.143. The van der Waals surface area contributed by atoms with E-state index in [0.717, 1.165) is 0 Å². The van der Waals surface area contributed by atoms with Gasteiger partial charge in [-0.25, -0.2) is 14.8 Å². The number of carbonyl (C=O) groups is 1. The third kappa shape index (κ3) is 5.81. The summed E-state index contributed by atoms with van der Waals surface area (Å²) >= 11 is 0. The molecular weight excluding hydrogens is 333 g/mol. The first-order valence-electron chi connectivity index (χ1n) is 6.84. The number of nitrogens with two attached hydrogens (primary N) is 1. The Morgan fingerprint density at radius 3 is 2.46 bits per heavy atom. The smallest absolute Gasteiger partial charge is 0.433 e. The normalized spacial score (nSPS) is 14.8. The van der Waals surface area contributed by atoms with Crippen LogP contribution in [0, 0.1) is 0 Å². The lowest BCUT2D eigenvalue weighted by Gasteiger charge is -2.23. The van der Waals surface area contributed by atoms with Gasteiger partial charge in [0.05, 0.1) is 0 Å². The number of ether oxygens (including phenoxy) is 1. The van der Waals surface area contributed by atoms with Crippen LogP contribution >= 0.6 is 0 Å². The van der Waals surface area contributed by atoms with Crippen molar-refractivity contribution in [1.82, 2.24) is 15.3 Å². The molecule has 0 aromatic carbocycles. The van der Waals surface area contributed by atoms with E-state index in [2.05, 4.69) is 15.3 Å². The van der Waals surface area contributed by atoms with Gasteiger partial charge in [0, 0.05) is 18.3 Å². The van der Waals surface area contributed by atoms with E-state index in [1.165, 1.54) is 0 Å². The molecule has 0 spiro atoms. The van der Waals surface area contributed by atoms with Crippen LogP contribution in [0.1, 0.15) is 38.1 Å². The van der Waals surface area contributed by atoms with Gasteiger partial charge in [0.2, 0.25) is 5.95 Å². The van der Waals surface area contributed by atoms with Crippen molar-refractivity contribution in [1.29, 1.82) is 0 Å². The summed E-state index contributed by atoms with van der Waals surface area (Å²) in [5, 5.41) is 21.9. The third-order valence-electron chi connectivity index (χ3n) is 2.64. The number of amides is 1. The van der Waals surface area contributed by atoms with Gasteiger partial charge in [0.1, 0.15) is 17.8 Å². The minimum Gasteiger partial charge on any atom is -0.444 e. The molecule has 136 valence electrons. The van der Waals surface area contributed by atoms with E-state index in [-0.39, 0.29) is 0 Å². The Morgan fingerprint density at radius 2 is 1.96 bits per heavy atom. The Balaban J connectivity index is 2.83. The first-order valence-corrected chi connectivity index (χ1v) is 6.84. The second-order valence-corrected chi connectivity index (χ2v) is 5.92. The fraction of sp³-hybridized carbons (Fsp3) is 0.615. The van der Waals surface area contributed by atoms with Gasteiger partial charge in [-0.1, -0.05) is 0 Å². The van der Waals surface area contributed by atoms with E-state index < -0.39 is 53.8 Å². The van der Waals surface area contributed by atoms with Crippen LogP contribution < -0.4 is 11.1 Å². The predicted molar refractivity (Wildman–Crippen MR) is 76.6 cm³/mol. The van der Waals surface area contributed by atoms with Crippen molar-refractivity contribution in [2.45, 2.75) is 44.8 Å². The van der Waals surface area contributed by atoms with E-state index in [1.807, 2.05) is 0 Å². The van der Waals surface area contributed by atoms with Crippen LogP contribution in [0.15, 0.2) is 6.20 Å². The highest BCUT2D eigenvalue weighted by atomic mass is 19.4. The zero-order valence-corrected chi connectivity index (χ0v) is 13.3. The minimum atomic E-state index is -4.90. The fourth-order valence-corrected chi connectivity index (χ4v) is 1.67. The van der Waals surface area contributed by atoms with Crippen molar-refractivity contribution in [3.63, 3.8) is 0 Å². The maximum Gasteiger partial charge on any atom is 0.433 e. The molecule has 1 aromatic heterocycles. The predicted octanol–water partition coefficient (Wildman–Crippen LogP) is 0.997. The molecular formula is C13H19F3N4O4. The van der Waals surface area contributed by atoms with Gasteiger partial charge in [-0.15, -0.1) is 0 Å². The van der Waals surface area contributed by atoms with Crippen molar-refractivity contribution < 1.29 is 32.9 Å². The molecule has 1 aromatic rings. The van der Waals surface area contributed by atoms with Crippen LogP contribution in [0.5, 0.6) is 0 Å². The number of hydrogen-bond donors (Lipinski definition) is 4. The molecule has 0 saturated carbocycles. The summed E-state index contributed by atoms with van der Waals surface area (Å²) in [5.41, 5.74) is 2.11. The van der Waals surface area contributed by atoms with Gasteiger partial charge in [0.25, 0.3) is 0 Å². The summed E-state index contributed by atoms with van der Waals surface area (Å²) in [6.07, 6.45) is -8.85. The molecule has 24 heavy (non-hydrogen) atoms. The van der Waals surface area contributed by atoms with Gasteiger partial charge in [-0.2, -0.15) is 13.2 Å². The molecule has 11 heteroatoms. The Labute approximate surface area is 135 Å². The number of anilines is 1. The van der Waals surface area contributed by atoms with Gasteiger partial charge in [0.15, 0.2) is 5.69 Å². The molecule has 5 N–H and O–H groups in total. The number of aromatic nitrogens is 2. The number of carbonyl (C=O) groups excluding carboxylic acids is 1. The molecule has 0 saturated heterocycles. The standard InChI is InChI=1S/C13H19F3N4O4/c1-12(2,3)24-11(23)19-5-7(21)8(22)6-4-18-10(17)20-9(6)13(14,15)16/h4,7-8,21-22H,5H2,1-3H3,(H,19,23)(H2,17,18,20). The number of aliphatic hydroxyl groups excluding tert-OH is 2. The zero-order chi connectivity index (χ0) is 18.7. The van der Waals surface area contributed by atoms with Crippen molar-refractivity contribution in [2.24, 2.45) is 0 Å². The summed E-state index contributed by atoms with van der Waals surface area (Å²) in [4.78, 5) is 17.9. The van der Waals surface area contributed by atoms with E-state index in [4.69, 9.17) is 10.5 Å². The number of halogens is 3. The number of nitrogen functional groups attached to an aromatic ring is 1. The first-order chi connectivity index (χ1) is 10.8. The molecule has 2 atom stereocenters. The average molecular weight is 352 g/mol. The van der Waals surface area contributed by atoms with Crippen molar-refractivity contribution in [3.05, 3.63) is 17.5 Å². The Morgan fingerprint density at radius 1 is 1.38 bits per heavy atom. The monoisotopic (exact) mass is 352 g/mol. The number of aliphatic hydroxyl groups is 2. The third-order valence-corrected chi connectivity index (χ3v) is 2.64. The molecule has 1 amide bonds. The van der Waals surface area contributed by atoms with E-state index in [0.29, 0.717) is 6.20 Å². The van der Waals surface area contributed by atoms with Crippen LogP contribution in [0.3, 0.4) is 0 Å². The number of alkyl halides is 3. The maximum absolute atomic E-state index is 12.9. The second kappa shape index (κ2) is 7.18. The van der Waals surface area contributed by atoms with Crippen molar-refractivity contribution in [3.8, 4) is 0 Å². The van der Waals surface area contributed by atoms with Crippen LogP contribution in [0.4, 0.5) is 23.9 Å². The first kappa shape index (κ1) is 19.9. The summed E-state index contributed by atoms with van der Waals surface area (Å²) < 4.78 is 43.7. The van der Waals surface area contributed by atoms with Crippen molar-refractivity contribution >= 4 is 12.0 Å². The van der Waals surface area contributed by atoms with Crippen molar-refractivity contribution in [2.75, 3.05) is 12.3 Å². The number of hydrogen-bond acceptors (Lipinski definition) is 7. The van der Waals surface area contributed by atoms with Gasteiger partial charge in [-0.3, -0.25) is 0 Å². The Bertz CT molecular complexity index is 590. The topological polar surface area (TPSA) is 131 Å². The number of nitrogens with zero attached hydrogens (tertiary/aromatic N) is 2. The highest BCUT2D eigenvalue weighted by molar-refractivity contribution is 5.67. The summed E-state index contributed by atoms with van der Waals surface area (Å²) in [5.74, 6) is -0.625. The zero-order valence-electron chi connectivity index (χ0n) is 13.3. The lowest BCUT2D eigenvalue weighted by Crippen LogP contribution is -2.39. The van der Waals surface area contributed by atoms with Crippen LogP contribution in [0.2, 0.25) is 0 Å². The Kier molecular flexibility index (Phi) is 5.95. The van der Waals surface area contributed by atoms with E-state index >= 15 is 0 Å². The SMILES string of the molecule is CC(C)(C)OC(=O)NCC(O)C(O)c1cnc(N)nc1C(F)(F)F. The highest BCUT2D eigenvalue weighted by Crippen LogP contribution is 2.34. The summed E-state index contributed by atoms with van der Waals surface area (Å²) in [6.45, 7) is 4.29. The highest BCUT2D eigenvalue weighted by Gasteiger charge is 2.39. The Hall–Kier alpha value is -2.14. The van der Waals surface area contributed by atoms with Crippen LogP contribution in [-0.2, 0) is 10.9 Å². The van der Waals surface area contributed by atoms with E-state index in [9.17, 15) is 28.2 Å². The molecule has 2 unspecified atom stereocenters. The number of nitrogens with one attached hydrogen (secondary N) is 1. The molecule has 0 fully saturated rings. The summed E-state index contributed by atoms with van der Waals surface area (Å²) in [6, 6.07) is 0. The maximum atomic E-state index is 12.9. The average Bonchev–Trinajstić information content (AvgIpc) is 2.41. The van der Waals surface area contributed by atoms with E-state index in [1.54, 1.807) is 20.8 Å². The summed E-state index contributed by atoms with van der Waals surface area (Å²) in [7, 11) is 0. The van der Waals surface area contributed by atoms with Gasteiger partial charge < -0.3 is 26.0 Å². The molecule has 8 nitrogen and oxygen atoms in total. The number of rotatable bonds is 4. The van der Waals surface area contributed by atoms with Crippen LogP contribution in [-0.4, -0.2) is 44.5 Å². The minimum absolute atomic E-state index is 0.544. The molecule has 0 aliphatic heterocycles. The fourth-order valence-electron chi connectivity index (χ4n) is 1.67. The molecule has 0 bridgehead atoms. The molecule has 0 aliphatic rings. The molecule has 0 aliphatic carbocycles. The largest absolute Gasteiger partial charge is 0.444 e. The lowest BCUT2D eigenvalue weighted by atomic mass is 10.0. The molecule has 0 radical (unpaired) electrons. The van der Waals surface area contributed by atoms with Crippen LogP contribution in [0.25, 0.3) is 0 Å². The quantitative estimate of drug-likeness (QED) is 0.636. The second-order valence-electron chi connectivity index (χ2n) is 5.92. The number of alkyl carbamates (subject to hydrolysis) is 1.